The molecule has 1 aliphatic rings. The lowest BCUT2D eigenvalue weighted by Crippen LogP contribution is -2.35. The molecule has 0 radical (unpaired) electrons. The summed E-state index contributed by atoms with van der Waals surface area (Å²) in [5.74, 6) is -0.485. The molecule has 0 aliphatic heterocycles. The van der Waals surface area contributed by atoms with Gasteiger partial charge in [0.1, 0.15) is 11.3 Å². The maximum atomic E-state index is 12.7. The average molecular weight is 364 g/mol. The zero-order chi connectivity index (χ0) is 19.1. The van der Waals surface area contributed by atoms with Crippen molar-refractivity contribution in [2.45, 2.75) is 38.9 Å². The third-order valence-electron chi connectivity index (χ3n) is 4.86. The summed E-state index contributed by atoms with van der Waals surface area (Å²) in [6.45, 7) is 4.02. The fraction of sp³-hybridized carbons (Fsp3) is 0.368. The van der Waals surface area contributed by atoms with E-state index in [2.05, 4.69) is 11.4 Å². The summed E-state index contributed by atoms with van der Waals surface area (Å²) in [6, 6.07) is 7.37. The minimum absolute atomic E-state index is 0.185. The lowest BCUT2D eigenvalue weighted by molar-refractivity contribution is -0.141. The van der Waals surface area contributed by atoms with E-state index in [1.165, 1.54) is 0 Å². The molecule has 2 aromatic rings. The first-order valence-corrected chi connectivity index (χ1v) is 8.41. The fourth-order valence-electron chi connectivity index (χ4n) is 3.48. The van der Waals surface area contributed by atoms with Gasteiger partial charge in [0, 0.05) is 0 Å². The van der Waals surface area contributed by atoms with Gasteiger partial charge in [0.05, 0.1) is 6.04 Å². The number of hydrogen-bond donors (Lipinski definition) is 2. The van der Waals surface area contributed by atoms with Crippen molar-refractivity contribution in [3.8, 4) is 0 Å². The first-order valence-electron chi connectivity index (χ1n) is 8.41. The molecule has 0 spiro atoms. The van der Waals surface area contributed by atoms with Crippen LogP contribution in [0.4, 0.5) is 13.2 Å². The Hall–Kier alpha value is -2.57. The lowest BCUT2D eigenvalue weighted by atomic mass is 9.97. The monoisotopic (exact) mass is 364 g/mol. The van der Waals surface area contributed by atoms with E-state index in [1.54, 1.807) is 4.98 Å². The molecule has 1 aromatic carbocycles. The third-order valence-corrected chi connectivity index (χ3v) is 4.86. The van der Waals surface area contributed by atoms with Crippen LogP contribution < -0.4 is 10.9 Å². The third kappa shape index (κ3) is 3.38. The molecule has 138 valence electrons. The molecule has 0 fully saturated rings. The van der Waals surface area contributed by atoms with Gasteiger partial charge in [-0.3, -0.25) is 9.59 Å². The molecule has 0 bridgehead atoms. The van der Waals surface area contributed by atoms with E-state index in [-0.39, 0.29) is 17.5 Å². The van der Waals surface area contributed by atoms with E-state index in [4.69, 9.17) is 0 Å². The Morgan fingerprint density at radius 3 is 2.62 bits per heavy atom. The fourth-order valence-corrected chi connectivity index (χ4v) is 3.48. The summed E-state index contributed by atoms with van der Waals surface area (Å²) < 4.78 is 38.0. The maximum absolute atomic E-state index is 12.7. The number of pyridine rings is 1. The number of carbonyl (C=O) groups is 1. The second kappa shape index (κ2) is 6.63. The van der Waals surface area contributed by atoms with Gasteiger partial charge in [0.2, 0.25) is 0 Å². The van der Waals surface area contributed by atoms with Crippen molar-refractivity contribution in [3.63, 3.8) is 0 Å². The Kier molecular flexibility index (Phi) is 4.64. The minimum atomic E-state index is -4.66. The quantitative estimate of drug-likeness (QED) is 0.871. The highest BCUT2D eigenvalue weighted by Gasteiger charge is 2.34. The molecular weight excluding hydrogens is 345 g/mol. The normalized spacial score (nSPS) is 19.3. The molecule has 26 heavy (non-hydrogen) atoms. The van der Waals surface area contributed by atoms with Crippen LogP contribution in [0, 0.1) is 12.8 Å². The maximum Gasteiger partial charge on any atom is 0.431 e. The number of H-pyrrole nitrogens is 1. The van der Waals surface area contributed by atoms with Crippen molar-refractivity contribution in [2.75, 3.05) is 0 Å². The molecule has 0 saturated heterocycles. The molecule has 4 nitrogen and oxygen atoms in total. The number of nitrogens with one attached hydrogen (secondary N) is 2. The molecular formula is C19H19F3N2O2. The van der Waals surface area contributed by atoms with Gasteiger partial charge in [-0.05, 0) is 42.5 Å². The Bertz CT molecular complexity index is 902. The smallest absolute Gasteiger partial charge is 0.345 e. The van der Waals surface area contributed by atoms with Crippen LogP contribution in [0.1, 0.15) is 52.1 Å². The predicted molar refractivity (Wildman–Crippen MR) is 90.9 cm³/mol. The molecule has 2 N–H and O–H groups in total. The molecule has 7 heteroatoms. The second-order valence-corrected chi connectivity index (χ2v) is 6.64. The molecule has 3 rings (SSSR count). The van der Waals surface area contributed by atoms with E-state index < -0.39 is 23.3 Å². The molecule has 2 atom stereocenters. The number of rotatable bonds is 3. The second-order valence-electron chi connectivity index (χ2n) is 6.64. The van der Waals surface area contributed by atoms with Crippen molar-refractivity contribution >= 4 is 5.91 Å². The Morgan fingerprint density at radius 1 is 1.27 bits per heavy atom. The van der Waals surface area contributed by atoms with Gasteiger partial charge in [0.25, 0.3) is 11.5 Å². The van der Waals surface area contributed by atoms with Crippen molar-refractivity contribution in [3.05, 3.63) is 68.6 Å². The number of fused-ring (bicyclic) bond motifs is 1. The molecule has 1 amide bonds. The Balaban J connectivity index is 1.87. The molecule has 0 saturated carbocycles. The largest absolute Gasteiger partial charge is 0.431 e. The van der Waals surface area contributed by atoms with Crippen molar-refractivity contribution in [1.82, 2.24) is 10.3 Å². The molecule has 2 unspecified atom stereocenters. The van der Waals surface area contributed by atoms with Crippen LogP contribution >= 0.6 is 0 Å². The van der Waals surface area contributed by atoms with E-state index in [9.17, 15) is 22.8 Å². The average Bonchev–Trinajstić information content (AvgIpc) is 2.90. The number of halogens is 3. The zero-order valence-electron chi connectivity index (χ0n) is 14.4. The van der Waals surface area contributed by atoms with Crippen LogP contribution in [0.25, 0.3) is 0 Å². The summed E-state index contributed by atoms with van der Waals surface area (Å²) in [5.41, 5.74) is 0.737. The van der Waals surface area contributed by atoms with Crippen LogP contribution in [0.15, 0.2) is 35.1 Å². The van der Waals surface area contributed by atoms with Crippen LogP contribution in [0.5, 0.6) is 0 Å². The summed E-state index contributed by atoms with van der Waals surface area (Å²) in [5, 5.41) is 2.83. The first kappa shape index (κ1) is 18.2. The van der Waals surface area contributed by atoms with Gasteiger partial charge < -0.3 is 10.3 Å². The predicted octanol–water partition coefficient (Wildman–Crippen LogP) is 3.76. The lowest BCUT2D eigenvalue weighted by Gasteiger charge is -2.21. The number of benzene rings is 1. The van der Waals surface area contributed by atoms with E-state index >= 15 is 0 Å². The van der Waals surface area contributed by atoms with E-state index in [0.717, 1.165) is 35.6 Å². The molecule has 1 aromatic heterocycles. The number of hydrogen-bond acceptors (Lipinski definition) is 2. The zero-order valence-corrected chi connectivity index (χ0v) is 14.4. The van der Waals surface area contributed by atoms with Gasteiger partial charge >= 0.3 is 6.18 Å². The first-order chi connectivity index (χ1) is 12.2. The summed E-state index contributed by atoms with van der Waals surface area (Å²) in [7, 11) is 0. The number of aromatic amines is 1. The number of aromatic nitrogens is 1. The van der Waals surface area contributed by atoms with Crippen molar-refractivity contribution in [1.29, 1.82) is 0 Å². The van der Waals surface area contributed by atoms with Crippen LogP contribution in [0.3, 0.4) is 0 Å². The number of carbonyl (C=O) groups excluding carboxylic acids is 1. The SMILES string of the molecule is CCC1Cc2cc(C)ccc2C1NC(=O)c1ccc(C(F)(F)F)[nH]c1=O. The van der Waals surface area contributed by atoms with Gasteiger partial charge in [0.15, 0.2) is 0 Å². The highest BCUT2D eigenvalue weighted by Crippen LogP contribution is 2.38. The van der Waals surface area contributed by atoms with Crippen molar-refractivity contribution < 1.29 is 18.0 Å². The summed E-state index contributed by atoms with van der Waals surface area (Å²) in [6.07, 6.45) is -3.01. The van der Waals surface area contributed by atoms with Gasteiger partial charge in [-0.2, -0.15) is 13.2 Å². The number of aryl methyl sites for hydroxylation is 1. The van der Waals surface area contributed by atoms with E-state index in [1.807, 2.05) is 26.0 Å². The summed E-state index contributed by atoms with van der Waals surface area (Å²) >= 11 is 0. The highest BCUT2D eigenvalue weighted by atomic mass is 19.4. The van der Waals surface area contributed by atoms with Crippen molar-refractivity contribution in [2.24, 2.45) is 5.92 Å². The Labute approximate surface area is 148 Å². The van der Waals surface area contributed by atoms with Gasteiger partial charge in [-0.25, -0.2) is 0 Å². The molecule has 1 aliphatic carbocycles. The van der Waals surface area contributed by atoms with Crippen LogP contribution in [-0.2, 0) is 12.6 Å². The van der Waals surface area contributed by atoms with Crippen LogP contribution in [-0.4, -0.2) is 10.9 Å². The number of alkyl halides is 3. The van der Waals surface area contributed by atoms with Gasteiger partial charge in [-0.15, -0.1) is 0 Å². The van der Waals surface area contributed by atoms with E-state index in [0.29, 0.717) is 6.07 Å². The van der Waals surface area contributed by atoms with Crippen LogP contribution in [0.2, 0.25) is 0 Å². The highest BCUT2D eigenvalue weighted by molar-refractivity contribution is 5.94. The Morgan fingerprint density at radius 2 is 2.00 bits per heavy atom. The topological polar surface area (TPSA) is 62.0 Å². The standard InChI is InChI=1S/C19H19F3N2O2/c1-3-11-9-12-8-10(2)4-5-13(12)16(11)24-18(26)14-6-7-15(19(20,21)22)23-17(14)25/h4-8,11,16H,3,9H2,1-2H3,(H,23,25)(H,24,26). The minimum Gasteiger partial charge on any atom is -0.345 e. The molecule has 1 heterocycles. The van der Waals surface area contributed by atoms with Gasteiger partial charge in [-0.1, -0.05) is 37.1 Å². The summed E-state index contributed by atoms with van der Waals surface area (Å²) in [4.78, 5) is 26.2. The number of amides is 1.